The summed E-state index contributed by atoms with van der Waals surface area (Å²) in [5, 5.41) is 0. The number of carbonyl (C=O) groups excluding carboxylic acids is 2. The third-order valence-electron chi connectivity index (χ3n) is 2.92. The van der Waals surface area contributed by atoms with Gasteiger partial charge in [0.05, 0.1) is 0 Å². The molecule has 19 heavy (non-hydrogen) atoms. The predicted molar refractivity (Wildman–Crippen MR) is 67.8 cm³/mol. The molecule has 0 spiro atoms. The maximum Gasteiger partial charge on any atom is 0.336 e. The lowest BCUT2D eigenvalue weighted by Crippen LogP contribution is -2.23. The minimum atomic E-state index is -0.478. The van der Waals surface area contributed by atoms with Crippen LogP contribution in [0, 0.1) is 5.92 Å². The van der Waals surface area contributed by atoms with Crippen LogP contribution in [-0.2, 0) is 19.1 Å². The standard InChI is InChI=1S/C15H14O4/c1-15(2,3)19-14(17)11-7-9(11)8-6-10(8)12-4-5-13(16)18-12/h4-7,9H,1-3H3/b12-10+. The zero-order chi connectivity index (χ0) is 13.8. The van der Waals surface area contributed by atoms with E-state index in [1.54, 1.807) is 6.08 Å². The number of esters is 2. The zero-order valence-electron chi connectivity index (χ0n) is 11.0. The molecule has 0 aromatic carbocycles. The maximum atomic E-state index is 11.8. The van der Waals surface area contributed by atoms with E-state index in [2.05, 4.69) is 0 Å². The Labute approximate surface area is 111 Å². The molecule has 0 saturated heterocycles. The molecule has 4 nitrogen and oxygen atoms in total. The summed E-state index contributed by atoms with van der Waals surface area (Å²) in [7, 11) is 0. The van der Waals surface area contributed by atoms with Crippen LogP contribution >= 0.6 is 0 Å². The molecule has 3 aliphatic rings. The lowest BCUT2D eigenvalue weighted by atomic mass is 10.1. The van der Waals surface area contributed by atoms with Crippen molar-refractivity contribution >= 4 is 11.9 Å². The van der Waals surface area contributed by atoms with E-state index in [0.29, 0.717) is 11.3 Å². The van der Waals surface area contributed by atoms with Crippen LogP contribution in [0.25, 0.3) is 0 Å². The Morgan fingerprint density at radius 3 is 2.63 bits per heavy atom. The van der Waals surface area contributed by atoms with Gasteiger partial charge in [0.25, 0.3) is 0 Å². The molecule has 1 atom stereocenters. The van der Waals surface area contributed by atoms with Gasteiger partial charge >= 0.3 is 11.9 Å². The molecule has 4 heteroatoms. The molecular weight excluding hydrogens is 244 g/mol. The molecule has 0 aromatic rings. The lowest BCUT2D eigenvalue weighted by molar-refractivity contribution is -0.149. The molecule has 3 rings (SSSR count). The average molecular weight is 258 g/mol. The minimum Gasteiger partial charge on any atom is -0.457 e. The highest BCUT2D eigenvalue weighted by Gasteiger charge is 2.43. The first-order valence-electron chi connectivity index (χ1n) is 6.16. The van der Waals surface area contributed by atoms with Crippen LogP contribution in [0.2, 0.25) is 0 Å². The van der Waals surface area contributed by atoms with E-state index in [1.165, 1.54) is 6.08 Å². The van der Waals surface area contributed by atoms with Crippen LogP contribution < -0.4 is 0 Å². The molecule has 0 bridgehead atoms. The van der Waals surface area contributed by atoms with Crippen LogP contribution in [0.4, 0.5) is 0 Å². The quantitative estimate of drug-likeness (QED) is 0.712. The fraction of sp³-hybridized carbons (Fsp3) is 0.333. The summed E-state index contributed by atoms with van der Waals surface area (Å²) in [6.07, 6.45) is 6.84. The highest BCUT2D eigenvalue weighted by atomic mass is 16.6. The van der Waals surface area contributed by atoms with Crippen molar-refractivity contribution in [1.82, 2.24) is 0 Å². The Hall–Kier alpha value is -2.10. The number of carbonyl (C=O) groups is 2. The topological polar surface area (TPSA) is 52.6 Å². The van der Waals surface area contributed by atoms with Crippen LogP contribution in [-0.4, -0.2) is 17.5 Å². The second kappa shape index (κ2) is 3.70. The summed E-state index contributed by atoms with van der Waals surface area (Å²) < 4.78 is 10.3. The van der Waals surface area contributed by atoms with Gasteiger partial charge in [-0.15, -0.1) is 0 Å². The summed E-state index contributed by atoms with van der Waals surface area (Å²) in [6.45, 7) is 5.53. The van der Waals surface area contributed by atoms with Gasteiger partial charge in [-0.1, -0.05) is 6.08 Å². The molecule has 1 heterocycles. The number of cyclic esters (lactones) is 1. The third kappa shape index (κ3) is 2.38. The Kier molecular flexibility index (Phi) is 2.33. The minimum absolute atomic E-state index is 0.0325. The van der Waals surface area contributed by atoms with Crippen molar-refractivity contribution in [3.8, 4) is 0 Å². The maximum absolute atomic E-state index is 11.8. The monoisotopic (exact) mass is 258 g/mol. The number of hydrogen-bond acceptors (Lipinski definition) is 4. The number of rotatable bonds is 2. The Bertz CT molecular complexity index is 609. The van der Waals surface area contributed by atoms with E-state index in [4.69, 9.17) is 9.47 Å². The van der Waals surface area contributed by atoms with Gasteiger partial charge in [-0.2, -0.15) is 0 Å². The molecule has 0 aromatic heterocycles. The Morgan fingerprint density at radius 2 is 2.05 bits per heavy atom. The first-order chi connectivity index (χ1) is 8.85. The van der Waals surface area contributed by atoms with Gasteiger partial charge < -0.3 is 9.47 Å². The molecule has 1 aliphatic heterocycles. The molecular formula is C15H14O4. The van der Waals surface area contributed by atoms with Crippen molar-refractivity contribution in [2.75, 3.05) is 0 Å². The summed E-state index contributed by atoms with van der Waals surface area (Å²) in [5.74, 6) is -0.0132. The number of ether oxygens (including phenoxy) is 2. The van der Waals surface area contributed by atoms with Gasteiger partial charge in [-0.3, -0.25) is 0 Å². The molecule has 0 saturated carbocycles. The van der Waals surface area contributed by atoms with Crippen molar-refractivity contribution in [3.05, 3.63) is 46.8 Å². The number of hydrogen-bond donors (Lipinski definition) is 0. The van der Waals surface area contributed by atoms with Gasteiger partial charge in [-0.05, 0) is 38.5 Å². The van der Waals surface area contributed by atoms with Crippen molar-refractivity contribution < 1.29 is 19.1 Å². The van der Waals surface area contributed by atoms with Gasteiger partial charge in [0.1, 0.15) is 11.4 Å². The molecule has 0 N–H and O–H groups in total. The van der Waals surface area contributed by atoms with Crippen LogP contribution in [0.1, 0.15) is 20.8 Å². The largest absolute Gasteiger partial charge is 0.457 e. The van der Waals surface area contributed by atoms with Crippen molar-refractivity contribution in [2.45, 2.75) is 26.4 Å². The molecule has 2 aliphatic carbocycles. The first-order valence-corrected chi connectivity index (χ1v) is 6.16. The smallest absolute Gasteiger partial charge is 0.336 e. The predicted octanol–water partition coefficient (Wildman–Crippen LogP) is 2.19. The average Bonchev–Trinajstić information content (AvgIpc) is 3.15. The van der Waals surface area contributed by atoms with Gasteiger partial charge in [0, 0.05) is 23.1 Å². The van der Waals surface area contributed by atoms with E-state index >= 15 is 0 Å². The van der Waals surface area contributed by atoms with Gasteiger partial charge in [0.2, 0.25) is 0 Å². The Balaban J connectivity index is 1.59. The second-order valence-corrected chi connectivity index (χ2v) is 5.73. The van der Waals surface area contributed by atoms with Crippen LogP contribution in [0.5, 0.6) is 0 Å². The normalized spacial score (nSPS) is 27.7. The highest BCUT2D eigenvalue weighted by molar-refractivity contribution is 5.97. The highest BCUT2D eigenvalue weighted by Crippen LogP contribution is 2.49. The molecule has 1 unspecified atom stereocenters. The fourth-order valence-electron chi connectivity index (χ4n) is 1.98. The van der Waals surface area contributed by atoms with Crippen molar-refractivity contribution in [3.63, 3.8) is 0 Å². The molecule has 98 valence electrons. The molecule has 0 amide bonds. The van der Waals surface area contributed by atoms with Gasteiger partial charge in [-0.25, -0.2) is 9.59 Å². The Morgan fingerprint density at radius 1 is 1.32 bits per heavy atom. The summed E-state index contributed by atoms with van der Waals surface area (Å²) in [6, 6.07) is 0. The molecule has 0 radical (unpaired) electrons. The first kappa shape index (κ1) is 12.0. The van der Waals surface area contributed by atoms with Gasteiger partial charge in [0.15, 0.2) is 0 Å². The van der Waals surface area contributed by atoms with E-state index in [-0.39, 0.29) is 17.9 Å². The molecule has 0 fully saturated rings. The van der Waals surface area contributed by atoms with E-state index in [9.17, 15) is 9.59 Å². The van der Waals surface area contributed by atoms with E-state index in [0.717, 1.165) is 11.1 Å². The summed E-state index contributed by atoms with van der Waals surface area (Å²) in [5.41, 5.74) is 2.16. The van der Waals surface area contributed by atoms with E-state index < -0.39 is 5.60 Å². The van der Waals surface area contributed by atoms with Crippen molar-refractivity contribution in [2.24, 2.45) is 5.92 Å². The van der Waals surface area contributed by atoms with E-state index in [1.807, 2.05) is 32.9 Å². The van der Waals surface area contributed by atoms with Crippen LogP contribution in [0.15, 0.2) is 46.8 Å². The number of allylic oxidation sites excluding steroid dienone is 5. The zero-order valence-corrected chi connectivity index (χ0v) is 11.0. The second-order valence-electron chi connectivity index (χ2n) is 5.73. The van der Waals surface area contributed by atoms with Crippen LogP contribution in [0.3, 0.4) is 0 Å². The summed E-state index contributed by atoms with van der Waals surface area (Å²) >= 11 is 0. The third-order valence-corrected chi connectivity index (χ3v) is 2.92. The summed E-state index contributed by atoms with van der Waals surface area (Å²) in [4.78, 5) is 22.8. The lowest BCUT2D eigenvalue weighted by Gasteiger charge is -2.18. The fourth-order valence-corrected chi connectivity index (χ4v) is 1.98. The van der Waals surface area contributed by atoms with Crippen molar-refractivity contribution in [1.29, 1.82) is 0 Å². The SMILES string of the molecule is CC(C)(C)OC(=O)C1=CC1C1=CC/1=C1/C=CC(=O)O1.